The van der Waals surface area contributed by atoms with Crippen LogP contribution in [0.15, 0.2) is 30.3 Å². The summed E-state index contributed by atoms with van der Waals surface area (Å²) in [5.74, 6) is 0.527. The first-order valence-electron chi connectivity index (χ1n) is 8.68. The number of carbonyl (C=O) groups excluding carboxylic acids is 2. The van der Waals surface area contributed by atoms with Gasteiger partial charge < -0.3 is 10.2 Å². The molecule has 126 valence electrons. The van der Waals surface area contributed by atoms with Crippen LogP contribution in [0.25, 0.3) is 0 Å². The molecule has 0 aromatic heterocycles. The predicted molar refractivity (Wildman–Crippen MR) is 92.0 cm³/mol. The van der Waals surface area contributed by atoms with Crippen LogP contribution < -0.4 is 5.32 Å². The summed E-state index contributed by atoms with van der Waals surface area (Å²) >= 11 is 0. The predicted octanol–water partition coefficient (Wildman–Crippen LogP) is 2.77. The van der Waals surface area contributed by atoms with E-state index in [9.17, 15) is 9.59 Å². The fourth-order valence-electron chi connectivity index (χ4n) is 2.89. The maximum absolute atomic E-state index is 12.7. The van der Waals surface area contributed by atoms with E-state index in [0.29, 0.717) is 18.8 Å². The summed E-state index contributed by atoms with van der Waals surface area (Å²) in [5.41, 5.74) is 1.08. The van der Waals surface area contributed by atoms with Crippen molar-refractivity contribution in [3.8, 4) is 0 Å². The van der Waals surface area contributed by atoms with Crippen molar-refractivity contribution in [2.24, 2.45) is 5.92 Å². The number of rotatable bonds is 7. The Morgan fingerprint density at radius 3 is 2.39 bits per heavy atom. The Kier molecular flexibility index (Phi) is 6.63. The summed E-state index contributed by atoms with van der Waals surface area (Å²) < 4.78 is 0. The Hall–Kier alpha value is -1.84. The lowest BCUT2D eigenvalue weighted by Gasteiger charge is -2.24. The third-order valence-corrected chi connectivity index (χ3v) is 4.28. The molecule has 2 amide bonds. The Bertz CT molecular complexity index is 507. The summed E-state index contributed by atoms with van der Waals surface area (Å²) in [6, 6.07) is 9.45. The van der Waals surface area contributed by atoms with Gasteiger partial charge in [0.15, 0.2) is 0 Å². The average Bonchev–Trinajstić information content (AvgIpc) is 3.07. The number of hydrogen-bond acceptors (Lipinski definition) is 2. The Labute approximate surface area is 139 Å². The molecule has 1 heterocycles. The fourth-order valence-corrected chi connectivity index (χ4v) is 2.89. The second-order valence-electron chi connectivity index (χ2n) is 6.77. The Morgan fingerprint density at radius 2 is 1.78 bits per heavy atom. The van der Waals surface area contributed by atoms with Gasteiger partial charge in [-0.25, -0.2) is 0 Å². The third-order valence-electron chi connectivity index (χ3n) is 4.28. The molecule has 0 radical (unpaired) electrons. The third kappa shape index (κ3) is 5.70. The molecule has 0 spiro atoms. The number of hydrogen-bond donors (Lipinski definition) is 1. The minimum atomic E-state index is -0.449. The topological polar surface area (TPSA) is 49.4 Å². The van der Waals surface area contributed by atoms with Crippen LogP contribution in [0.3, 0.4) is 0 Å². The molecular weight excluding hydrogens is 288 g/mol. The van der Waals surface area contributed by atoms with Gasteiger partial charge in [0.1, 0.15) is 6.04 Å². The van der Waals surface area contributed by atoms with Crippen LogP contribution in [0.4, 0.5) is 0 Å². The van der Waals surface area contributed by atoms with Crippen molar-refractivity contribution < 1.29 is 9.59 Å². The molecule has 4 heteroatoms. The number of likely N-dealkylation sites (tertiary alicyclic amines) is 1. The molecule has 1 fully saturated rings. The SMILES string of the molecule is CC(C)CCC(=O)N[C@@H](Cc1ccccc1)C(=O)N1CCCC1. The van der Waals surface area contributed by atoms with E-state index >= 15 is 0 Å². The van der Waals surface area contributed by atoms with Crippen molar-refractivity contribution in [1.82, 2.24) is 10.2 Å². The minimum absolute atomic E-state index is 0.0211. The maximum Gasteiger partial charge on any atom is 0.245 e. The van der Waals surface area contributed by atoms with Gasteiger partial charge in [-0.1, -0.05) is 44.2 Å². The van der Waals surface area contributed by atoms with Gasteiger partial charge in [0.25, 0.3) is 0 Å². The summed E-state index contributed by atoms with van der Waals surface area (Å²) in [4.78, 5) is 26.8. The van der Waals surface area contributed by atoms with E-state index < -0.39 is 6.04 Å². The molecule has 4 nitrogen and oxygen atoms in total. The molecule has 1 atom stereocenters. The zero-order valence-electron chi connectivity index (χ0n) is 14.3. The molecule has 0 unspecified atom stereocenters. The van der Waals surface area contributed by atoms with Gasteiger partial charge >= 0.3 is 0 Å². The molecule has 1 aliphatic rings. The molecule has 23 heavy (non-hydrogen) atoms. The van der Waals surface area contributed by atoms with Crippen molar-refractivity contribution in [2.75, 3.05) is 13.1 Å². The molecular formula is C19H28N2O2. The van der Waals surface area contributed by atoms with Crippen LogP contribution in [-0.4, -0.2) is 35.8 Å². The van der Waals surface area contributed by atoms with E-state index in [2.05, 4.69) is 19.2 Å². The van der Waals surface area contributed by atoms with Gasteiger partial charge in [-0.3, -0.25) is 9.59 Å². The van der Waals surface area contributed by atoms with Crippen LogP contribution in [0, 0.1) is 5.92 Å². The molecule has 2 rings (SSSR count). The number of carbonyl (C=O) groups is 2. The summed E-state index contributed by atoms with van der Waals surface area (Å²) in [6.07, 6.45) is 4.01. The zero-order valence-corrected chi connectivity index (χ0v) is 14.3. The van der Waals surface area contributed by atoms with E-state index in [0.717, 1.165) is 37.9 Å². The van der Waals surface area contributed by atoms with Crippen LogP contribution >= 0.6 is 0 Å². The zero-order chi connectivity index (χ0) is 16.7. The molecule has 1 N–H and O–H groups in total. The molecule has 0 bridgehead atoms. The van der Waals surface area contributed by atoms with Gasteiger partial charge in [0, 0.05) is 25.9 Å². The first-order chi connectivity index (χ1) is 11.1. The lowest BCUT2D eigenvalue weighted by atomic mass is 10.0. The largest absolute Gasteiger partial charge is 0.344 e. The summed E-state index contributed by atoms with van der Waals surface area (Å²) in [5, 5.41) is 2.97. The van der Waals surface area contributed by atoms with Gasteiger partial charge in [-0.05, 0) is 30.7 Å². The van der Waals surface area contributed by atoms with E-state index in [1.54, 1.807) is 0 Å². The lowest BCUT2D eigenvalue weighted by Crippen LogP contribution is -2.49. The van der Waals surface area contributed by atoms with Crippen molar-refractivity contribution in [3.63, 3.8) is 0 Å². The van der Waals surface area contributed by atoms with Gasteiger partial charge in [0.05, 0.1) is 0 Å². The van der Waals surface area contributed by atoms with Crippen molar-refractivity contribution >= 4 is 11.8 Å². The quantitative estimate of drug-likeness (QED) is 0.841. The summed E-state index contributed by atoms with van der Waals surface area (Å²) in [6.45, 7) is 5.83. The average molecular weight is 316 g/mol. The normalized spacial score (nSPS) is 15.7. The fraction of sp³-hybridized carbons (Fsp3) is 0.579. The van der Waals surface area contributed by atoms with E-state index in [-0.39, 0.29) is 11.8 Å². The first kappa shape index (κ1) is 17.5. The second-order valence-corrected chi connectivity index (χ2v) is 6.77. The van der Waals surface area contributed by atoms with Crippen LogP contribution in [0.5, 0.6) is 0 Å². The van der Waals surface area contributed by atoms with E-state index in [1.165, 1.54) is 0 Å². The van der Waals surface area contributed by atoms with E-state index in [1.807, 2.05) is 35.2 Å². The number of benzene rings is 1. The minimum Gasteiger partial charge on any atom is -0.344 e. The standard InChI is InChI=1S/C19H28N2O2/c1-15(2)10-11-18(22)20-17(14-16-8-4-3-5-9-16)19(23)21-12-6-7-13-21/h3-5,8-9,15,17H,6-7,10-14H2,1-2H3,(H,20,22)/t17-/m0/s1. The molecule has 0 saturated carbocycles. The van der Waals surface area contributed by atoms with Gasteiger partial charge in [0.2, 0.25) is 11.8 Å². The Balaban J connectivity index is 2.01. The highest BCUT2D eigenvalue weighted by atomic mass is 16.2. The highest BCUT2D eigenvalue weighted by Gasteiger charge is 2.27. The molecule has 1 saturated heterocycles. The van der Waals surface area contributed by atoms with E-state index in [4.69, 9.17) is 0 Å². The second kappa shape index (κ2) is 8.70. The van der Waals surface area contributed by atoms with Crippen molar-refractivity contribution in [3.05, 3.63) is 35.9 Å². The highest BCUT2D eigenvalue weighted by molar-refractivity contribution is 5.88. The Morgan fingerprint density at radius 1 is 1.13 bits per heavy atom. The van der Waals surface area contributed by atoms with Crippen molar-refractivity contribution in [1.29, 1.82) is 0 Å². The smallest absolute Gasteiger partial charge is 0.245 e. The first-order valence-corrected chi connectivity index (χ1v) is 8.68. The molecule has 1 aliphatic heterocycles. The molecule has 1 aromatic carbocycles. The molecule has 1 aromatic rings. The maximum atomic E-state index is 12.7. The van der Waals surface area contributed by atoms with Gasteiger partial charge in [-0.2, -0.15) is 0 Å². The number of nitrogens with zero attached hydrogens (tertiary/aromatic N) is 1. The van der Waals surface area contributed by atoms with Crippen LogP contribution in [0.1, 0.15) is 45.1 Å². The van der Waals surface area contributed by atoms with Gasteiger partial charge in [-0.15, -0.1) is 0 Å². The monoisotopic (exact) mass is 316 g/mol. The highest BCUT2D eigenvalue weighted by Crippen LogP contribution is 2.13. The number of nitrogens with one attached hydrogen (secondary N) is 1. The lowest BCUT2D eigenvalue weighted by molar-refractivity contribution is -0.135. The van der Waals surface area contributed by atoms with Crippen LogP contribution in [0.2, 0.25) is 0 Å². The summed E-state index contributed by atoms with van der Waals surface area (Å²) in [7, 11) is 0. The van der Waals surface area contributed by atoms with Crippen molar-refractivity contribution in [2.45, 2.75) is 52.0 Å². The number of amides is 2. The molecule has 0 aliphatic carbocycles. The van der Waals surface area contributed by atoms with Crippen LogP contribution in [-0.2, 0) is 16.0 Å².